The molecule has 0 radical (unpaired) electrons. The maximum absolute atomic E-state index is 12.0. The van der Waals surface area contributed by atoms with Crippen LogP contribution in [0.1, 0.15) is 31.9 Å². The maximum Gasteiger partial charge on any atom is 0.0488 e. The van der Waals surface area contributed by atoms with Gasteiger partial charge in [0.25, 0.3) is 0 Å². The molecular formula is C13H21NOS. The van der Waals surface area contributed by atoms with Crippen molar-refractivity contribution in [2.75, 3.05) is 0 Å². The molecule has 2 atom stereocenters. The van der Waals surface area contributed by atoms with Gasteiger partial charge in [0.15, 0.2) is 0 Å². The van der Waals surface area contributed by atoms with Crippen molar-refractivity contribution >= 4 is 10.8 Å². The summed E-state index contributed by atoms with van der Waals surface area (Å²) in [6.45, 7) is 6.83. The van der Waals surface area contributed by atoms with Crippen molar-refractivity contribution in [1.82, 2.24) is 0 Å². The summed E-state index contributed by atoms with van der Waals surface area (Å²) in [6, 6.07) is 8.05. The first-order valence-electron chi connectivity index (χ1n) is 5.69. The Kier molecular flexibility index (Phi) is 5.16. The molecule has 0 saturated heterocycles. The zero-order valence-corrected chi connectivity index (χ0v) is 11.1. The Morgan fingerprint density at radius 1 is 1.12 bits per heavy atom. The Morgan fingerprint density at radius 2 is 1.62 bits per heavy atom. The Morgan fingerprint density at radius 3 is 2.06 bits per heavy atom. The maximum atomic E-state index is 12.0. The van der Waals surface area contributed by atoms with Gasteiger partial charge >= 0.3 is 0 Å². The van der Waals surface area contributed by atoms with Gasteiger partial charge in [0.1, 0.15) is 0 Å². The summed E-state index contributed by atoms with van der Waals surface area (Å²) in [4.78, 5) is 0. The fourth-order valence-corrected chi connectivity index (χ4v) is 2.76. The SMILES string of the molecule is CC(C)C(C)S(=O)Cc1ccc(CN)cc1. The second-order valence-electron chi connectivity index (χ2n) is 4.49. The van der Waals surface area contributed by atoms with Crippen LogP contribution in [0.5, 0.6) is 0 Å². The van der Waals surface area contributed by atoms with Crippen LogP contribution in [0.2, 0.25) is 0 Å². The molecule has 16 heavy (non-hydrogen) atoms. The monoisotopic (exact) mass is 239 g/mol. The topological polar surface area (TPSA) is 43.1 Å². The fourth-order valence-electron chi connectivity index (χ4n) is 1.37. The van der Waals surface area contributed by atoms with E-state index in [0.717, 1.165) is 11.1 Å². The summed E-state index contributed by atoms with van der Waals surface area (Å²) in [5.41, 5.74) is 7.77. The van der Waals surface area contributed by atoms with E-state index in [4.69, 9.17) is 5.73 Å². The zero-order chi connectivity index (χ0) is 12.1. The Bertz CT molecular complexity index is 345. The number of rotatable bonds is 5. The van der Waals surface area contributed by atoms with Crippen LogP contribution < -0.4 is 5.73 Å². The highest BCUT2D eigenvalue weighted by Crippen LogP contribution is 2.14. The van der Waals surface area contributed by atoms with Gasteiger partial charge in [-0.2, -0.15) is 0 Å². The molecule has 90 valence electrons. The van der Waals surface area contributed by atoms with E-state index in [0.29, 0.717) is 18.2 Å². The van der Waals surface area contributed by atoms with Gasteiger partial charge < -0.3 is 5.73 Å². The van der Waals surface area contributed by atoms with E-state index in [1.165, 1.54) is 0 Å². The third-order valence-electron chi connectivity index (χ3n) is 2.92. The second-order valence-corrected chi connectivity index (χ2v) is 6.29. The van der Waals surface area contributed by atoms with Crippen LogP contribution >= 0.6 is 0 Å². The third-order valence-corrected chi connectivity index (χ3v) is 4.91. The molecule has 1 aromatic carbocycles. The van der Waals surface area contributed by atoms with E-state index in [1.807, 2.05) is 24.3 Å². The van der Waals surface area contributed by atoms with Crippen LogP contribution in [-0.2, 0) is 23.1 Å². The standard InChI is InChI=1S/C13H21NOS/c1-10(2)11(3)16(15)9-13-6-4-12(8-14)5-7-13/h4-7,10-11H,8-9,14H2,1-3H3. The molecule has 2 nitrogen and oxygen atoms in total. The molecule has 0 aromatic heterocycles. The predicted octanol–water partition coefficient (Wildman–Crippen LogP) is 2.44. The average Bonchev–Trinajstić information content (AvgIpc) is 2.28. The van der Waals surface area contributed by atoms with Gasteiger partial charge in [0.2, 0.25) is 0 Å². The second kappa shape index (κ2) is 6.16. The van der Waals surface area contributed by atoms with E-state index in [-0.39, 0.29) is 5.25 Å². The van der Waals surface area contributed by atoms with Crippen molar-refractivity contribution in [1.29, 1.82) is 0 Å². The van der Waals surface area contributed by atoms with Gasteiger partial charge in [-0.1, -0.05) is 45.0 Å². The number of nitrogens with two attached hydrogens (primary N) is 1. The number of hydrogen-bond donors (Lipinski definition) is 1. The molecule has 0 saturated carbocycles. The van der Waals surface area contributed by atoms with Crippen LogP contribution in [0.15, 0.2) is 24.3 Å². The van der Waals surface area contributed by atoms with Crippen molar-refractivity contribution in [2.24, 2.45) is 11.7 Å². The lowest BCUT2D eigenvalue weighted by Gasteiger charge is -2.15. The van der Waals surface area contributed by atoms with Crippen LogP contribution in [0, 0.1) is 5.92 Å². The summed E-state index contributed by atoms with van der Waals surface area (Å²) in [5.74, 6) is 1.11. The quantitative estimate of drug-likeness (QED) is 0.857. The smallest absolute Gasteiger partial charge is 0.0488 e. The van der Waals surface area contributed by atoms with E-state index >= 15 is 0 Å². The molecule has 0 aliphatic rings. The van der Waals surface area contributed by atoms with Crippen molar-refractivity contribution in [3.63, 3.8) is 0 Å². The first kappa shape index (κ1) is 13.4. The molecule has 2 unspecified atom stereocenters. The highest BCUT2D eigenvalue weighted by Gasteiger charge is 2.15. The molecule has 0 aliphatic heterocycles. The van der Waals surface area contributed by atoms with E-state index in [9.17, 15) is 4.21 Å². The van der Waals surface area contributed by atoms with Gasteiger partial charge in [-0.15, -0.1) is 0 Å². The molecule has 0 heterocycles. The molecule has 0 aliphatic carbocycles. The molecule has 0 bridgehead atoms. The Hall–Kier alpha value is -0.670. The molecule has 0 amide bonds. The third kappa shape index (κ3) is 3.72. The fraction of sp³-hybridized carbons (Fsp3) is 0.538. The average molecular weight is 239 g/mol. The lowest BCUT2D eigenvalue weighted by molar-refractivity contribution is 0.605. The van der Waals surface area contributed by atoms with Gasteiger partial charge in [-0.25, -0.2) is 0 Å². The summed E-state index contributed by atoms with van der Waals surface area (Å²) < 4.78 is 12.0. The van der Waals surface area contributed by atoms with Crippen LogP contribution in [0.4, 0.5) is 0 Å². The molecule has 1 rings (SSSR count). The molecule has 1 aromatic rings. The van der Waals surface area contributed by atoms with Gasteiger partial charge in [0.05, 0.1) is 0 Å². The number of benzene rings is 1. The van der Waals surface area contributed by atoms with Crippen molar-refractivity contribution < 1.29 is 4.21 Å². The highest BCUT2D eigenvalue weighted by atomic mass is 32.2. The minimum atomic E-state index is -0.786. The van der Waals surface area contributed by atoms with Gasteiger partial charge in [-0.05, 0) is 17.0 Å². The number of hydrogen-bond acceptors (Lipinski definition) is 2. The Labute approximate surface area is 101 Å². The van der Waals surface area contributed by atoms with E-state index < -0.39 is 10.8 Å². The van der Waals surface area contributed by atoms with Crippen molar-refractivity contribution in [3.05, 3.63) is 35.4 Å². The van der Waals surface area contributed by atoms with Gasteiger partial charge in [0, 0.05) is 28.3 Å². The lowest BCUT2D eigenvalue weighted by atomic mass is 10.1. The van der Waals surface area contributed by atoms with Crippen molar-refractivity contribution in [3.8, 4) is 0 Å². The van der Waals surface area contributed by atoms with Crippen molar-refractivity contribution in [2.45, 2.75) is 38.3 Å². The molecular weight excluding hydrogens is 218 g/mol. The molecule has 3 heteroatoms. The minimum Gasteiger partial charge on any atom is -0.326 e. The largest absolute Gasteiger partial charge is 0.326 e. The summed E-state index contributed by atoms with van der Waals surface area (Å²) in [7, 11) is -0.786. The summed E-state index contributed by atoms with van der Waals surface area (Å²) in [6.07, 6.45) is 0. The lowest BCUT2D eigenvalue weighted by Crippen LogP contribution is -2.18. The highest BCUT2D eigenvalue weighted by molar-refractivity contribution is 7.84. The van der Waals surface area contributed by atoms with Gasteiger partial charge in [-0.3, -0.25) is 4.21 Å². The van der Waals surface area contributed by atoms with E-state index in [2.05, 4.69) is 20.8 Å². The summed E-state index contributed by atoms with van der Waals surface area (Å²) >= 11 is 0. The normalized spacial score (nSPS) is 15.1. The molecule has 0 fully saturated rings. The van der Waals surface area contributed by atoms with Crippen LogP contribution in [-0.4, -0.2) is 9.46 Å². The molecule has 2 N–H and O–H groups in total. The Balaban J connectivity index is 2.62. The van der Waals surface area contributed by atoms with Crippen LogP contribution in [0.3, 0.4) is 0 Å². The zero-order valence-electron chi connectivity index (χ0n) is 10.3. The minimum absolute atomic E-state index is 0.245. The predicted molar refractivity (Wildman–Crippen MR) is 70.5 cm³/mol. The van der Waals surface area contributed by atoms with Crippen LogP contribution in [0.25, 0.3) is 0 Å². The summed E-state index contributed by atoms with van der Waals surface area (Å²) in [5, 5.41) is 0.245. The van der Waals surface area contributed by atoms with E-state index in [1.54, 1.807) is 0 Å². The first-order valence-corrected chi connectivity index (χ1v) is 7.08. The first-order chi connectivity index (χ1) is 7.54. The molecule has 0 spiro atoms.